The van der Waals surface area contributed by atoms with Crippen LogP contribution in [0.5, 0.6) is 0 Å². The van der Waals surface area contributed by atoms with Crippen molar-refractivity contribution in [2.24, 2.45) is 11.7 Å². The van der Waals surface area contributed by atoms with Crippen molar-refractivity contribution in [1.29, 1.82) is 0 Å². The normalized spacial score (nSPS) is 19.2. The van der Waals surface area contributed by atoms with Crippen LogP contribution in [0, 0.1) is 17.6 Å². The molecule has 3 N–H and O–H groups in total. The Morgan fingerprint density at radius 3 is 2.05 bits per heavy atom. The van der Waals surface area contributed by atoms with Gasteiger partial charge in [0, 0.05) is 24.7 Å². The number of hydrogen-bond donors (Lipinski definition) is 2. The summed E-state index contributed by atoms with van der Waals surface area (Å²) in [5, 5.41) is 2.81. The first-order chi connectivity index (χ1) is 20.3. The zero-order valence-corrected chi connectivity index (χ0v) is 23.5. The first-order valence-electron chi connectivity index (χ1n) is 14.6. The summed E-state index contributed by atoms with van der Waals surface area (Å²) in [6, 6.07) is 18.1. The van der Waals surface area contributed by atoms with E-state index in [9.17, 15) is 23.2 Å². The van der Waals surface area contributed by atoms with Crippen molar-refractivity contribution < 1.29 is 23.2 Å². The Morgan fingerprint density at radius 2 is 1.43 bits per heavy atom. The molecule has 1 aliphatic heterocycles. The number of primary amides is 1. The fraction of sp³-hybridized carbons (Fsp3) is 0.364. The van der Waals surface area contributed by atoms with Gasteiger partial charge in [0.15, 0.2) is 0 Å². The lowest BCUT2D eigenvalue weighted by Crippen LogP contribution is -2.42. The van der Waals surface area contributed by atoms with Crippen LogP contribution in [0.2, 0.25) is 0 Å². The largest absolute Gasteiger partial charge is 0.368 e. The summed E-state index contributed by atoms with van der Waals surface area (Å²) in [7, 11) is 0. The molecular weight excluding hydrogens is 538 g/mol. The van der Waals surface area contributed by atoms with Crippen LogP contribution in [-0.4, -0.2) is 35.8 Å². The molecule has 0 radical (unpaired) electrons. The van der Waals surface area contributed by atoms with Crippen molar-refractivity contribution in [3.63, 3.8) is 0 Å². The van der Waals surface area contributed by atoms with Crippen LogP contribution < -0.4 is 16.0 Å². The molecule has 5 rings (SSSR count). The Morgan fingerprint density at radius 1 is 0.833 bits per heavy atom. The van der Waals surface area contributed by atoms with E-state index in [1.54, 1.807) is 17.0 Å². The predicted octanol–water partition coefficient (Wildman–Crippen LogP) is 5.80. The highest BCUT2D eigenvalue weighted by atomic mass is 19.1. The molecule has 1 aliphatic carbocycles. The molecular formula is C33H36F2N4O3. The number of benzene rings is 3. The maximum Gasteiger partial charge on any atom is 0.324 e. The highest BCUT2D eigenvalue weighted by Crippen LogP contribution is 2.38. The molecule has 9 heteroatoms. The molecule has 7 nitrogen and oxygen atoms in total. The van der Waals surface area contributed by atoms with Gasteiger partial charge in [0.25, 0.3) is 0 Å². The van der Waals surface area contributed by atoms with E-state index < -0.39 is 17.8 Å². The molecule has 0 aromatic heterocycles. The van der Waals surface area contributed by atoms with Gasteiger partial charge in [-0.1, -0.05) is 49.2 Å². The fourth-order valence-electron chi connectivity index (χ4n) is 6.09. The van der Waals surface area contributed by atoms with Crippen molar-refractivity contribution >= 4 is 23.5 Å². The van der Waals surface area contributed by atoms with E-state index in [4.69, 9.17) is 5.73 Å². The average molecular weight is 575 g/mol. The number of likely N-dealkylation sites (tertiary alicyclic amines) is 1. The molecule has 1 heterocycles. The summed E-state index contributed by atoms with van der Waals surface area (Å²) >= 11 is 0. The molecule has 42 heavy (non-hydrogen) atoms. The zero-order chi connectivity index (χ0) is 29.6. The lowest BCUT2D eigenvalue weighted by Gasteiger charge is -2.32. The van der Waals surface area contributed by atoms with Gasteiger partial charge in [-0.3, -0.25) is 14.5 Å². The third-order valence-electron chi connectivity index (χ3n) is 8.37. The van der Waals surface area contributed by atoms with Crippen LogP contribution >= 0.6 is 0 Å². The summed E-state index contributed by atoms with van der Waals surface area (Å²) < 4.78 is 27.0. The molecule has 220 valence electrons. The van der Waals surface area contributed by atoms with Crippen LogP contribution in [0.25, 0.3) is 0 Å². The number of nitrogens with zero attached hydrogens (tertiary/aromatic N) is 2. The monoisotopic (exact) mass is 574 g/mol. The summed E-state index contributed by atoms with van der Waals surface area (Å²) in [6.45, 7) is 1.74. The Kier molecular flexibility index (Phi) is 9.15. The summed E-state index contributed by atoms with van der Waals surface area (Å²) in [5.41, 5.74) is 8.59. The number of nitrogens with two attached hydrogens (primary N) is 1. The van der Waals surface area contributed by atoms with Gasteiger partial charge in [-0.05, 0) is 84.7 Å². The van der Waals surface area contributed by atoms with Crippen LogP contribution in [0.3, 0.4) is 0 Å². The fourth-order valence-corrected chi connectivity index (χ4v) is 6.09. The number of urea groups is 1. The van der Waals surface area contributed by atoms with Crippen molar-refractivity contribution in [1.82, 2.24) is 10.2 Å². The number of carbonyl (C=O) groups excluding carboxylic acids is 3. The predicted molar refractivity (Wildman–Crippen MR) is 156 cm³/mol. The van der Waals surface area contributed by atoms with E-state index in [0.29, 0.717) is 37.3 Å². The lowest BCUT2D eigenvalue weighted by molar-refractivity contribution is -0.131. The minimum Gasteiger partial charge on any atom is -0.368 e. The minimum atomic E-state index is -1.05. The second-order valence-corrected chi connectivity index (χ2v) is 11.2. The van der Waals surface area contributed by atoms with E-state index in [0.717, 1.165) is 43.2 Å². The van der Waals surface area contributed by atoms with Gasteiger partial charge >= 0.3 is 6.03 Å². The van der Waals surface area contributed by atoms with E-state index in [1.165, 1.54) is 36.4 Å². The van der Waals surface area contributed by atoms with Gasteiger partial charge in [-0.25, -0.2) is 13.6 Å². The molecule has 3 atom stereocenters. The second kappa shape index (κ2) is 13.1. The number of amides is 4. The molecule has 3 aromatic rings. The Balaban J connectivity index is 1.32. The standard InChI is InChI=1S/C33H36F2N4O3/c34-25-13-11-24(12-14-25)30(31(36)40)37-32(41)29-6-2-1-5-28(29)23-9-7-22(8-10-23)21-39(27-17-15-26(35)16-18-27)33(42)38-19-3-4-20-38/h7-18,28-30H,1-6,19-21H2,(H2,36,40)(H,37,41)/t28-,29+,30-/m0/s1. The topological polar surface area (TPSA) is 95.7 Å². The first kappa shape index (κ1) is 29.2. The van der Waals surface area contributed by atoms with Crippen LogP contribution in [-0.2, 0) is 16.1 Å². The number of halogens is 2. The minimum absolute atomic E-state index is 0.0472. The quantitative estimate of drug-likeness (QED) is 0.356. The van der Waals surface area contributed by atoms with E-state index in [1.807, 2.05) is 29.2 Å². The van der Waals surface area contributed by atoms with Gasteiger partial charge in [0.2, 0.25) is 11.8 Å². The average Bonchev–Trinajstić information content (AvgIpc) is 3.55. The first-order valence-corrected chi connectivity index (χ1v) is 14.6. The zero-order valence-electron chi connectivity index (χ0n) is 23.5. The maximum absolute atomic E-state index is 13.6. The van der Waals surface area contributed by atoms with Crippen LogP contribution in [0.15, 0.2) is 72.8 Å². The molecule has 2 fully saturated rings. The SMILES string of the molecule is NC(=O)[C@@H](NC(=O)[C@@H]1CCCC[C@H]1c1ccc(CN(C(=O)N2CCCC2)c2ccc(F)cc2)cc1)c1ccc(F)cc1. The number of carbonyl (C=O) groups is 3. The number of anilines is 1. The third kappa shape index (κ3) is 6.78. The van der Waals surface area contributed by atoms with Crippen LogP contribution in [0.1, 0.15) is 67.2 Å². The molecule has 2 aliphatic rings. The number of hydrogen-bond acceptors (Lipinski definition) is 3. The van der Waals surface area contributed by atoms with Crippen molar-refractivity contribution in [3.8, 4) is 0 Å². The van der Waals surface area contributed by atoms with Gasteiger partial charge in [0.1, 0.15) is 17.7 Å². The highest BCUT2D eigenvalue weighted by molar-refractivity contribution is 5.92. The summed E-state index contributed by atoms with van der Waals surface area (Å²) in [4.78, 5) is 42.5. The molecule has 0 unspecified atom stereocenters. The molecule has 0 bridgehead atoms. The van der Waals surface area contributed by atoms with Crippen molar-refractivity contribution in [3.05, 3.63) is 101 Å². The van der Waals surface area contributed by atoms with Gasteiger partial charge in [-0.2, -0.15) is 0 Å². The van der Waals surface area contributed by atoms with Crippen molar-refractivity contribution in [2.75, 3.05) is 18.0 Å². The number of nitrogens with one attached hydrogen (secondary N) is 1. The third-order valence-corrected chi connectivity index (χ3v) is 8.37. The number of rotatable bonds is 8. The lowest BCUT2D eigenvalue weighted by atomic mass is 9.74. The Hall–Kier alpha value is -4.27. The smallest absolute Gasteiger partial charge is 0.324 e. The van der Waals surface area contributed by atoms with E-state index in [-0.39, 0.29) is 29.6 Å². The maximum atomic E-state index is 13.6. The van der Waals surface area contributed by atoms with E-state index >= 15 is 0 Å². The molecule has 3 aromatic carbocycles. The molecule has 1 saturated carbocycles. The molecule has 4 amide bonds. The van der Waals surface area contributed by atoms with Crippen molar-refractivity contribution in [2.45, 2.75) is 57.0 Å². The summed E-state index contributed by atoms with van der Waals surface area (Å²) in [5.74, 6) is -2.15. The molecule has 0 spiro atoms. The Labute approximate surface area is 244 Å². The van der Waals surface area contributed by atoms with E-state index in [2.05, 4.69) is 5.32 Å². The second-order valence-electron chi connectivity index (χ2n) is 11.2. The summed E-state index contributed by atoms with van der Waals surface area (Å²) in [6.07, 6.45) is 5.32. The van der Waals surface area contributed by atoms with Gasteiger partial charge < -0.3 is 16.0 Å². The van der Waals surface area contributed by atoms with Gasteiger partial charge in [-0.15, -0.1) is 0 Å². The van der Waals surface area contributed by atoms with Gasteiger partial charge in [0.05, 0.1) is 6.54 Å². The molecule has 1 saturated heterocycles. The highest BCUT2D eigenvalue weighted by Gasteiger charge is 2.34. The Bertz CT molecular complexity index is 1390. The van der Waals surface area contributed by atoms with Crippen LogP contribution in [0.4, 0.5) is 19.3 Å².